The van der Waals surface area contributed by atoms with E-state index in [4.69, 9.17) is 4.74 Å². The fraction of sp³-hybridized carbons (Fsp3) is 0.778. The lowest BCUT2D eigenvalue weighted by Crippen LogP contribution is -2.40. The number of rotatable bonds is 5. The number of ether oxygens (including phenoxy) is 1. The highest BCUT2D eigenvalue weighted by molar-refractivity contribution is 5.81. The molecule has 0 spiro atoms. The molecule has 0 heterocycles. The summed E-state index contributed by atoms with van der Waals surface area (Å²) in [7, 11) is 1.54. The van der Waals surface area contributed by atoms with Gasteiger partial charge in [0.05, 0.1) is 6.61 Å². The van der Waals surface area contributed by atoms with E-state index in [0.29, 0.717) is 13.2 Å². The van der Waals surface area contributed by atoms with Crippen molar-refractivity contribution in [1.29, 1.82) is 0 Å². The maximum atomic E-state index is 11.3. The van der Waals surface area contributed by atoms with Crippen LogP contribution in [0.15, 0.2) is 0 Å². The first kappa shape index (κ1) is 12.7. The predicted octanol–water partition coefficient (Wildman–Crippen LogP) is 0.601. The molecule has 2 amide bonds. The summed E-state index contributed by atoms with van der Waals surface area (Å²) in [6, 6.07) is 0. The van der Waals surface area contributed by atoms with Crippen molar-refractivity contribution < 1.29 is 14.3 Å². The second kappa shape index (κ2) is 7.17. The van der Waals surface area contributed by atoms with Gasteiger partial charge in [0.25, 0.3) is 0 Å². The van der Waals surface area contributed by atoms with Gasteiger partial charge in [-0.2, -0.15) is 0 Å². The van der Waals surface area contributed by atoms with Gasteiger partial charge in [-0.05, 0) is 13.3 Å². The van der Waals surface area contributed by atoms with Gasteiger partial charge in [0.2, 0.25) is 5.91 Å². The number of carbonyl (C=O) groups excluding carboxylic acids is 2. The first-order valence-corrected chi connectivity index (χ1v) is 4.77. The molecule has 0 saturated carbocycles. The maximum absolute atomic E-state index is 11.3. The summed E-state index contributed by atoms with van der Waals surface area (Å²) < 4.78 is 4.81. The average Bonchev–Trinajstić information content (AvgIpc) is 2.17. The smallest absolute Gasteiger partial charge is 0.410 e. The second-order valence-electron chi connectivity index (χ2n) is 2.79. The Morgan fingerprint density at radius 3 is 2.43 bits per heavy atom. The summed E-state index contributed by atoms with van der Waals surface area (Å²) in [5, 5.41) is 2.46. The van der Waals surface area contributed by atoms with Crippen LogP contribution in [0.1, 0.15) is 20.3 Å². The fourth-order valence-corrected chi connectivity index (χ4v) is 0.972. The highest BCUT2D eigenvalue weighted by atomic mass is 16.6. The Hall–Kier alpha value is -1.26. The molecule has 5 nitrogen and oxygen atoms in total. The van der Waals surface area contributed by atoms with Crippen LogP contribution in [0.3, 0.4) is 0 Å². The largest absolute Gasteiger partial charge is 0.450 e. The standard InChI is InChI=1S/C9H18N2O3/c1-4-6-11(7-8(12)10-3)9(13)14-5-2/h4-7H2,1-3H3,(H,10,12). The number of amides is 2. The van der Waals surface area contributed by atoms with Gasteiger partial charge in [-0.3, -0.25) is 9.69 Å². The van der Waals surface area contributed by atoms with Crippen molar-refractivity contribution in [2.75, 3.05) is 26.7 Å². The minimum atomic E-state index is -0.432. The zero-order valence-electron chi connectivity index (χ0n) is 9.00. The maximum Gasteiger partial charge on any atom is 0.410 e. The van der Waals surface area contributed by atoms with E-state index in [0.717, 1.165) is 6.42 Å². The van der Waals surface area contributed by atoms with Crippen LogP contribution in [0, 0.1) is 0 Å². The fourth-order valence-electron chi connectivity index (χ4n) is 0.972. The Morgan fingerprint density at radius 1 is 1.36 bits per heavy atom. The van der Waals surface area contributed by atoms with Gasteiger partial charge in [-0.25, -0.2) is 4.79 Å². The molecule has 0 aliphatic heterocycles. The number of nitrogens with zero attached hydrogens (tertiary/aromatic N) is 1. The first-order valence-electron chi connectivity index (χ1n) is 4.77. The van der Waals surface area contributed by atoms with Crippen molar-refractivity contribution in [1.82, 2.24) is 10.2 Å². The van der Waals surface area contributed by atoms with Crippen LogP contribution >= 0.6 is 0 Å². The molecule has 0 aliphatic carbocycles. The van der Waals surface area contributed by atoms with E-state index in [-0.39, 0.29) is 12.5 Å². The molecule has 14 heavy (non-hydrogen) atoms. The minimum absolute atomic E-state index is 0.0587. The molecule has 0 radical (unpaired) electrons. The van der Waals surface area contributed by atoms with Crippen LogP contribution in [0.2, 0.25) is 0 Å². The molecule has 82 valence electrons. The average molecular weight is 202 g/mol. The van der Waals surface area contributed by atoms with Gasteiger partial charge in [-0.15, -0.1) is 0 Å². The molecular formula is C9H18N2O3. The van der Waals surface area contributed by atoms with Gasteiger partial charge < -0.3 is 10.1 Å². The third-order valence-corrected chi connectivity index (χ3v) is 1.63. The van der Waals surface area contributed by atoms with Crippen molar-refractivity contribution in [2.24, 2.45) is 0 Å². The molecule has 0 rings (SSSR count). The molecule has 0 saturated heterocycles. The van der Waals surface area contributed by atoms with E-state index in [9.17, 15) is 9.59 Å². The summed E-state index contributed by atoms with van der Waals surface area (Å²) in [5.74, 6) is -0.188. The van der Waals surface area contributed by atoms with E-state index >= 15 is 0 Å². The molecule has 5 heteroatoms. The van der Waals surface area contributed by atoms with Crippen LogP contribution < -0.4 is 5.32 Å². The SMILES string of the molecule is CCCN(CC(=O)NC)C(=O)OCC. The molecule has 0 aromatic heterocycles. The van der Waals surface area contributed by atoms with Crippen molar-refractivity contribution in [3.63, 3.8) is 0 Å². The summed E-state index contributed by atoms with van der Waals surface area (Å²) in [6.45, 7) is 4.60. The molecule has 0 fully saturated rings. The van der Waals surface area contributed by atoms with Crippen molar-refractivity contribution in [3.05, 3.63) is 0 Å². The Balaban J connectivity index is 4.13. The third-order valence-electron chi connectivity index (χ3n) is 1.63. The Labute approximate surface area is 84.4 Å². The Bertz CT molecular complexity index is 194. The van der Waals surface area contributed by atoms with Crippen LogP contribution in [0.4, 0.5) is 4.79 Å². The van der Waals surface area contributed by atoms with Crippen molar-refractivity contribution in [2.45, 2.75) is 20.3 Å². The number of hydrogen-bond donors (Lipinski definition) is 1. The van der Waals surface area contributed by atoms with Crippen molar-refractivity contribution in [3.8, 4) is 0 Å². The molecule has 0 unspecified atom stereocenters. The highest BCUT2D eigenvalue weighted by Gasteiger charge is 2.15. The summed E-state index contributed by atoms with van der Waals surface area (Å²) >= 11 is 0. The molecule has 0 atom stereocenters. The van der Waals surface area contributed by atoms with Crippen LogP contribution in [-0.2, 0) is 9.53 Å². The topological polar surface area (TPSA) is 58.6 Å². The Kier molecular flexibility index (Phi) is 6.53. The second-order valence-corrected chi connectivity index (χ2v) is 2.79. The van der Waals surface area contributed by atoms with Gasteiger partial charge in [0.15, 0.2) is 0 Å². The van der Waals surface area contributed by atoms with Crippen LogP contribution in [0.25, 0.3) is 0 Å². The van der Waals surface area contributed by atoms with Crippen LogP contribution in [0.5, 0.6) is 0 Å². The van der Waals surface area contributed by atoms with Crippen molar-refractivity contribution >= 4 is 12.0 Å². The minimum Gasteiger partial charge on any atom is -0.450 e. The van der Waals surface area contributed by atoms with E-state index in [1.54, 1.807) is 6.92 Å². The lowest BCUT2D eigenvalue weighted by atomic mass is 10.4. The number of hydrogen-bond acceptors (Lipinski definition) is 3. The lowest BCUT2D eigenvalue weighted by Gasteiger charge is -2.19. The highest BCUT2D eigenvalue weighted by Crippen LogP contribution is 1.96. The Morgan fingerprint density at radius 2 is 2.00 bits per heavy atom. The predicted molar refractivity (Wildman–Crippen MR) is 53.0 cm³/mol. The quantitative estimate of drug-likeness (QED) is 0.710. The van der Waals surface area contributed by atoms with Crippen LogP contribution in [-0.4, -0.2) is 43.6 Å². The molecule has 0 aromatic carbocycles. The normalized spacial score (nSPS) is 9.36. The molecular weight excluding hydrogens is 184 g/mol. The van der Waals surface area contributed by atoms with Gasteiger partial charge in [-0.1, -0.05) is 6.92 Å². The molecule has 0 bridgehead atoms. The van der Waals surface area contributed by atoms with E-state index in [1.807, 2.05) is 6.92 Å². The molecule has 1 N–H and O–H groups in total. The zero-order valence-corrected chi connectivity index (χ0v) is 9.00. The zero-order chi connectivity index (χ0) is 11.0. The number of likely N-dealkylation sites (N-methyl/N-ethyl adjacent to an activating group) is 1. The first-order chi connectivity index (χ1) is 6.65. The van der Waals surface area contributed by atoms with Gasteiger partial charge in [0.1, 0.15) is 6.54 Å². The van der Waals surface area contributed by atoms with E-state index in [2.05, 4.69) is 5.32 Å². The van der Waals surface area contributed by atoms with E-state index in [1.165, 1.54) is 11.9 Å². The summed E-state index contributed by atoms with van der Waals surface area (Å²) in [5.41, 5.74) is 0. The van der Waals surface area contributed by atoms with Gasteiger partial charge in [0, 0.05) is 13.6 Å². The number of carbonyl (C=O) groups is 2. The van der Waals surface area contributed by atoms with Gasteiger partial charge >= 0.3 is 6.09 Å². The lowest BCUT2D eigenvalue weighted by molar-refractivity contribution is -0.121. The molecule has 0 aromatic rings. The number of nitrogens with one attached hydrogen (secondary N) is 1. The summed E-state index contributed by atoms with van der Waals surface area (Å²) in [4.78, 5) is 23.7. The third kappa shape index (κ3) is 4.69. The van der Waals surface area contributed by atoms with E-state index < -0.39 is 6.09 Å². The monoisotopic (exact) mass is 202 g/mol. The summed E-state index contributed by atoms with van der Waals surface area (Å²) in [6.07, 6.45) is 0.369. The molecule has 0 aliphatic rings.